The molecular weight excluding hydrogens is 214 g/mol. The summed E-state index contributed by atoms with van der Waals surface area (Å²) < 4.78 is 5.64. The molecule has 1 atom stereocenters. The average molecular weight is 233 g/mol. The van der Waals surface area contributed by atoms with Gasteiger partial charge in [-0.25, -0.2) is 0 Å². The van der Waals surface area contributed by atoms with Crippen LogP contribution in [0.1, 0.15) is 29.6 Å². The molecule has 0 spiro atoms. The van der Waals surface area contributed by atoms with Gasteiger partial charge in [-0.2, -0.15) is 0 Å². The first kappa shape index (κ1) is 12.1. The summed E-state index contributed by atoms with van der Waals surface area (Å²) in [4.78, 5) is 13.8. The smallest absolute Gasteiger partial charge is 0.253 e. The Balaban J connectivity index is 1.91. The lowest BCUT2D eigenvalue weighted by atomic mass is 10.1. The molecular formula is C14H19NO2. The molecule has 3 nitrogen and oxygen atoms in total. The lowest BCUT2D eigenvalue weighted by molar-refractivity contribution is -0.000187. The summed E-state index contributed by atoms with van der Waals surface area (Å²) in [6, 6.07) is 9.39. The number of amides is 1. The predicted octanol–water partition coefficient (Wildman–Crippen LogP) is 2.33. The van der Waals surface area contributed by atoms with Gasteiger partial charge in [0.05, 0.1) is 6.10 Å². The predicted molar refractivity (Wildman–Crippen MR) is 67.0 cm³/mol. The summed E-state index contributed by atoms with van der Waals surface area (Å²) in [7, 11) is 1.84. The van der Waals surface area contributed by atoms with Crippen LogP contribution < -0.4 is 0 Å². The molecule has 1 heterocycles. The lowest BCUT2D eigenvalue weighted by Crippen LogP contribution is -2.37. The van der Waals surface area contributed by atoms with E-state index in [-0.39, 0.29) is 12.0 Å². The maximum absolute atomic E-state index is 12.1. The number of likely N-dealkylation sites (N-methyl/N-ethyl adjacent to an activating group) is 1. The maximum Gasteiger partial charge on any atom is 0.253 e. The van der Waals surface area contributed by atoms with Crippen LogP contribution in [0.5, 0.6) is 0 Å². The summed E-state index contributed by atoms with van der Waals surface area (Å²) in [5.41, 5.74) is 0.741. The molecule has 17 heavy (non-hydrogen) atoms. The van der Waals surface area contributed by atoms with Gasteiger partial charge < -0.3 is 9.64 Å². The van der Waals surface area contributed by atoms with Crippen LogP contribution in [0.25, 0.3) is 0 Å². The Morgan fingerprint density at radius 3 is 2.76 bits per heavy atom. The van der Waals surface area contributed by atoms with Crippen molar-refractivity contribution in [3.05, 3.63) is 35.9 Å². The standard InChI is InChI=1S/C14H19NO2/c1-15(11-13-9-5-6-10-17-13)14(16)12-7-3-2-4-8-12/h2-4,7-8,13H,5-6,9-11H2,1H3. The molecule has 1 aromatic rings. The topological polar surface area (TPSA) is 29.5 Å². The third-order valence-electron chi connectivity index (χ3n) is 3.12. The number of benzene rings is 1. The van der Waals surface area contributed by atoms with Crippen molar-refractivity contribution in [3.63, 3.8) is 0 Å². The summed E-state index contributed by atoms with van der Waals surface area (Å²) in [5, 5.41) is 0. The monoisotopic (exact) mass is 233 g/mol. The van der Waals surface area contributed by atoms with Crippen LogP contribution in [0.3, 0.4) is 0 Å². The van der Waals surface area contributed by atoms with E-state index in [2.05, 4.69) is 0 Å². The fraction of sp³-hybridized carbons (Fsp3) is 0.500. The van der Waals surface area contributed by atoms with Gasteiger partial charge in [-0.1, -0.05) is 18.2 Å². The van der Waals surface area contributed by atoms with Gasteiger partial charge in [-0.05, 0) is 31.4 Å². The minimum atomic E-state index is 0.0692. The number of rotatable bonds is 3. The third-order valence-corrected chi connectivity index (χ3v) is 3.12. The van der Waals surface area contributed by atoms with Gasteiger partial charge in [0.2, 0.25) is 0 Å². The summed E-state index contributed by atoms with van der Waals surface area (Å²) in [6.07, 6.45) is 3.62. The highest BCUT2D eigenvalue weighted by molar-refractivity contribution is 5.93. The Morgan fingerprint density at radius 2 is 2.12 bits per heavy atom. The Hall–Kier alpha value is -1.35. The number of ether oxygens (including phenoxy) is 1. The second-order valence-corrected chi connectivity index (χ2v) is 4.54. The van der Waals surface area contributed by atoms with Gasteiger partial charge in [0.25, 0.3) is 5.91 Å². The van der Waals surface area contributed by atoms with Gasteiger partial charge in [-0.3, -0.25) is 4.79 Å². The molecule has 2 rings (SSSR count). The number of hydrogen-bond acceptors (Lipinski definition) is 2. The van der Waals surface area contributed by atoms with E-state index >= 15 is 0 Å². The first-order valence-electron chi connectivity index (χ1n) is 6.19. The highest BCUT2D eigenvalue weighted by Crippen LogP contribution is 2.14. The maximum atomic E-state index is 12.1. The summed E-state index contributed by atoms with van der Waals surface area (Å²) in [5.74, 6) is 0.0692. The van der Waals surface area contributed by atoms with Crippen LogP contribution in [0.15, 0.2) is 30.3 Å². The molecule has 1 saturated heterocycles. The van der Waals surface area contributed by atoms with E-state index in [9.17, 15) is 4.79 Å². The molecule has 0 radical (unpaired) electrons. The molecule has 92 valence electrons. The molecule has 1 aromatic carbocycles. The number of hydrogen-bond donors (Lipinski definition) is 0. The Bertz CT molecular complexity index is 358. The van der Waals surface area contributed by atoms with E-state index in [0.717, 1.165) is 25.0 Å². The fourth-order valence-electron chi connectivity index (χ4n) is 2.14. The van der Waals surface area contributed by atoms with Gasteiger partial charge in [0.15, 0.2) is 0 Å². The van der Waals surface area contributed by atoms with Gasteiger partial charge >= 0.3 is 0 Å². The fourth-order valence-corrected chi connectivity index (χ4v) is 2.14. The lowest BCUT2D eigenvalue weighted by Gasteiger charge is -2.27. The van der Waals surface area contributed by atoms with E-state index < -0.39 is 0 Å². The zero-order valence-electron chi connectivity index (χ0n) is 10.3. The van der Waals surface area contributed by atoms with E-state index in [1.807, 2.05) is 37.4 Å². The van der Waals surface area contributed by atoms with Crippen LogP contribution in [-0.2, 0) is 4.74 Å². The number of nitrogens with zero attached hydrogens (tertiary/aromatic N) is 1. The van der Waals surface area contributed by atoms with Crippen molar-refractivity contribution in [2.45, 2.75) is 25.4 Å². The van der Waals surface area contributed by atoms with Crippen molar-refractivity contribution in [2.24, 2.45) is 0 Å². The van der Waals surface area contributed by atoms with E-state index in [0.29, 0.717) is 6.54 Å². The highest BCUT2D eigenvalue weighted by Gasteiger charge is 2.19. The van der Waals surface area contributed by atoms with E-state index in [1.165, 1.54) is 6.42 Å². The van der Waals surface area contributed by atoms with E-state index in [4.69, 9.17) is 4.74 Å². The second kappa shape index (κ2) is 5.82. The second-order valence-electron chi connectivity index (χ2n) is 4.54. The number of carbonyl (C=O) groups is 1. The van der Waals surface area contributed by atoms with Crippen molar-refractivity contribution in [3.8, 4) is 0 Å². The normalized spacial score (nSPS) is 19.9. The quantitative estimate of drug-likeness (QED) is 0.802. The molecule has 1 unspecified atom stereocenters. The third kappa shape index (κ3) is 3.30. The van der Waals surface area contributed by atoms with Crippen LogP contribution in [0.2, 0.25) is 0 Å². The molecule has 0 aliphatic carbocycles. The van der Waals surface area contributed by atoms with Crippen molar-refractivity contribution < 1.29 is 9.53 Å². The van der Waals surface area contributed by atoms with Gasteiger partial charge in [-0.15, -0.1) is 0 Å². The van der Waals surface area contributed by atoms with Crippen molar-refractivity contribution in [2.75, 3.05) is 20.2 Å². The Labute approximate surface area is 102 Å². The van der Waals surface area contributed by atoms with Gasteiger partial charge in [0, 0.05) is 25.8 Å². The summed E-state index contributed by atoms with van der Waals surface area (Å²) >= 11 is 0. The molecule has 1 aliphatic rings. The Morgan fingerprint density at radius 1 is 1.35 bits per heavy atom. The van der Waals surface area contributed by atoms with Crippen molar-refractivity contribution in [1.82, 2.24) is 4.90 Å². The van der Waals surface area contributed by atoms with Gasteiger partial charge in [0.1, 0.15) is 0 Å². The minimum Gasteiger partial charge on any atom is -0.376 e. The number of carbonyl (C=O) groups excluding carboxylic acids is 1. The zero-order valence-corrected chi connectivity index (χ0v) is 10.3. The SMILES string of the molecule is CN(CC1CCCCO1)C(=O)c1ccccc1. The molecule has 0 aromatic heterocycles. The largest absolute Gasteiger partial charge is 0.376 e. The molecule has 1 fully saturated rings. The molecule has 0 N–H and O–H groups in total. The zero-order chi connectivity index (χ0) is 12.1. The van der Waals surface area contributed by atoms with Crippen molar-refractivity contribution >= 4 is 5.91 Å². The van der Waals surface area contributed by atoms with Crippen LogP contribution in [0.4, 0.5) is 0 Å². The molecule has 1 amide bonds. The highest BCUT2D eigenvalue weighted by atomic mass is 16.5. The first-order valence-corrected chi connectivity index (χ1v) is 6.19. The molecule has 0 bridgehead atoms. The Kier molecular flexibility index (Phi) is 4.15. The molecule has 1 aliphatic heterocycles. The summed E-state index contributed by atoms with van der Waals surface area (Å²) in [6.45, 7) is 1.52. The molecule has 3 heteroatoms. The molecule has 0 saturated carbocycles. The van der Waals surface area contributed by atoms with E-state index in [1.54, 1.807) is 4.90 Å². The van der Waals surface area contributed by atoms with Crippen LogP contribution >= 0.6 is 0 Å². The van der Waals surface area contributed by atoms with Crippen LogP contribution in [0, 0.1) is 0 Å². The van der Waals surface area contributed by atoms with Crippen LogP contribution in [-0.4, -0.2) is 37.1 Å². The average Bonchev–Trinajstić information content (AvgIpc) is 2.40. The minimum absolute atomic E-state index is 0.0692. The first-order chi connectivity index (χ1) is 8.27. The van der Waals surface area contributed by atoms with Crippen molar-refractivity contribution in [1.29, 1.82) is 0 Å².